The van der Waals surface area contributed by atoms with E-state index in [1.165, 1.54) is 4.90 Å². The van der Waals surface area contributed by atoms with Gasteiger partial charge in [-0.25, -0.2) is 4.79 Å². The van der Waals surface area contributed by atoms with E-state index in [0.717, 1.165) is 5.56 Å². The van der Waals surface area contributed by atoms with E-state index in [2.05, 4.69) is 16.6 Å². The maximum absolute atomic E-state index is 13.9. The molecule has 0 spiro atoms. The molecule has 0 heterocycles. The second kappa shape index (κ2) is 11.5. The van der Waals surface area contributed by atoms with Crippen LogP contribution in [0.2, 0.25) is 0 Å². The van der Waals surface area contributed by atoms with Gasteiger partial charge in [-0.3, -0.25) is 9.59 Å². The van der Waals surface area contributed by atoms with Crippen LogP contribution in [0, 0.1) is 25.2 Å². The molecular formula is C29H35N3O5. The van der Waals surface area contributed by atoms with Crippen molar-refractivity contribution in [3.05, 3.63) is 65.2 Å². The predicted octanol–water partition coefficient (Wildman–Crippen LogP) is 3.78. The number of para-hydroxylation sites is 1. The number of terminal acetylenes is 1. The number of rotatable bonds is 8. The van der Waals surface area contributed by atoms with E-state index < -0.39 is 42.2 Å². The number of alkyl carbamates (subject to hydrolysis) is 1. The smallest absolute Gasteiger partial charge is 0.408 e. The van der Waals surface area contributed by atoms with Crippen LogP contribution in [0.1, 0.15) is 56.8 Å². The summed E-state index contributed by atoms with van der Waals surface area (Å²) in [6, 6.07) is 11.6. The number of hydrogen-bond acceptors (Lipinski definition) is 5. The zero-order chi connectivity index (χ0) is 27.3. The Hall–Kier alpha value is -3.83. The number of aliphatic hydroxyl groups excluding tert-OH is 1. The molecule has 1 fully saturated rings. The standard InChI is InChI=1S/C29H35N3O5/c1-7-20-13-9-10-14-21(20)25(26(34)30-22-15-11-8-12-18(22)2)32(24-16-19(24)3)27(35)23(17-33)31-28(36)37-29(4,5)6/h1,8-15,19,23-25,33H,16-17H2,2-6H3,(H,30,34)(H,31,36). The summed E-state index contributed by atoms with van der Waals surface area (Å²) in [6.07, 6.45) is 5.60. The third-order valence-corrected chi connectivity index (χ3v) is 6.19. The van der Waals surface area contributed by atoms with E-state index in [9.17, 15) is 19.5 Å². The molecule has 1 aliphatic rings. The Morgan fingerprint density at radius 1 is 1.16 bits per heavy atom. The van der Waals surface area contributed by atoms with Gasteiger partial charge in [0, 0.05) is 17.3 Å². The van der Waals surface area contributed by atoms with Gasteiger partial charge in [0.2, 0.25) is 5.91 Å². The molecule has 8 nitrogen and oxygen atoms in total. The first-order valence-electron chi connectivity index (χ1n) is 12.3. The molecule has 196 valence electrons. The lowest BCUT2D eigenvalue weighted by Crippen LogP contribution is -2.54. The third-order valence-electron chi connectivity index (χ3n) is 6.19. The Kier molecular flexibility index (Phi) is 8.61. The number of nitrogens with one attached hydrogen (secondary N) is 2. The number of ether oxygens (including phenoxy) is 1. The molecule has 4 atom stereocenters. The predicted molar refractivity (Wildman–Crippen MR) is 142 cm³/mol. The molecule has 3 N–H and O–H groups in total. The van der Waals surface area contributed by atoms with Crippen LogP contribution < -0.4 is 10.6 Å². The van der Waals surface area contributed by atoms with Crippen molar-refractivity contribution < 1.29 is 24.2 Å². The first-order valence-corrected chi connectivity index (χ1v) is 12.3. The van der Waals surface area contributed by atoms with E-state index in [1.807, 2.05) is 32.0 Å². The van der Waals surface area contributed by atoms with Crippen LogP contribution in [0.4, 0.5) is 10.5 Å². The minimum atomic E-state index is -1.31. The van der Waals surface area contributed by atoms with Crippen molar-refractivity contribution in [1.82, 2.24) is 10.2 Å². The van der Waals surface area contributed by atoms with Gasteiger partial charge in [-0.1, -0.05) is 49.2 Å². The SMILES string of the molecule is C#Cc1ccccc1C(C(=O)Nc1ccccc1C)N(C(=O)C(CO)NC(=O)OC(C)(C)C)C1CC1C. The monoisotopic (exact) mass is 505 g/mol. The number of benzene rings is 2. The molecule has 2 aromatic carbocycles. The fourth-order valence-corrected chi connectivity index (χ4v) is 4.19. The average Bonchev–Trinajstić information content (AvgIpc) is 3.56. The molecule has 8 heteroatoms. The third kappa shape index (κ3) is 6.89. The molecule has 0 bridgehead atoms. The zero-order valence-electron chi connectivity index (χ0n) is 21.9. The van der Waals surface area contributed by atoms with Crippen LogP contribution in [-0.4, -0.2) is 52.2 Å². The van der Waals surface area contributed by atoms with Crippen LogP contribution in [0.5, 0.6) is 0 Å². The van der Waals surface area contributed by atoms with Gasteiger partial charge in [0.1, 0.15) is 17.7 Å². The molecule has 37 heavy (non-hydrogen) atoms. The van der Waals surface area contributed by atoms with E-state index in [0.29, 0.717) is 23.2 Å². The fraction of sp³-hybridized carbons (Fsp3) is 0.414. The molecule has 0 radical (unpaired) electrons. The first-order chi connectivity index (χ1) is 17.5. The van der Waals surface area contributed by atoms with E-state index in [1.54, 1.807) is 51.1 Å². The minimum Gasteiger partial charge on any atom is -0.444 e. The van der Waals surface area contributed by atoms with Crippen molar-refractivity contribution in [2.24, 2.45) is 5.92 Å². The second-order valence-corrected chi connectivity index (χ2v) is 10.3. The molecule has 2 aromatic rings. The fourth-order valence-electron chi connectivity index (χ4n) is 4.19. The molecule has 3 rings (SSSR count). The lowest BCUT2D eigenvalue weighted by molar-refractivity contribution is -0.142. The number of aryl methyl sites for hydroxylation is 1. The zero-order valence-corrected chi connectivity index (χ0v) is 21.9. The minimum absolute atomic E-state index is 0.122. The first kappa shape index (κ1) is 27.8. The van der Waals surface area contributed by atoms with Crippen molar-refractivity contribution in [3.63, 3.8) is 0 Å². The summed E-state index contributed by atoms with van der Waals surface area (Å²) in [5.74, 6) is 1.69. The van der Waals surface area contributed by atoms with Gasteiger partial charge >= 0.3 is 6.09 Å². The normalized spacial score (nSPS) is 18.1. The quantitative estimate of drug-likeness (QED) is 0.473. The van der Waals surface area contributed by atoms with Gasteiger partial charge in [0.15, 0.2) is 0 Å². The molecule has 1 saturated carbocycles. The molecule has 0 aromatic heterocycles. The Labute approximate surface area is 218 Å². The molecular weight excluding hydrogens is 470 g/mol. The van der Waals surface area contributed by atoms with Gasteiger partial charge in [-0.05, 0) is 63.3 Å². The number of aliphatic hydroxyl groups is 1. The summed E-state index contributed by atoms with van der Waals surface area (Å²) in [4.78, 5) is 41.7. The maximum atomic E-state index is 13.9. The molecule has 1 aliphatic carbocycles. The van der Waals surface area contributed by atoms with E-state index in [-0.39, 0.29) is 12.0 Å². The topological polar surface area (TPSA) is 108 Å². The Balaban J connectivity index is 2.04. The summed E-state index contributed by atoms with van der Waals surface area (Å²) in [5, 5.41) is 15.5. The molecule has 0 saturated heterocycles. The highest BCUT2D eigenvalue weighted by molar-refractivity contribution is 6.00. The lowest BCUT2D eigenvalue weighted by Gasteiger charge is -2.35. The number of nitrogens with zero attached hydrogens (tertiary/aromatic N) is 1. The Bertz CT molecular complexity index is 1200. The second-order valence-electron chi connectivity index (χ2n) is 10.3. The maximum Gasteiger partial charge on any atom is 0.408 e. The molecule has 4 unspecified atom stereocenters. The van der Waals surface area contributed by atoms with Crippen LogP contribution in [0.3, 0.4) is 0 Å². The number of amides is 3. The molecule has 0 aliphatic heterocycles. The van der Waals surface area contributed by atoms with Crippen molar-refractivity contribution in [2.75, 3.05) is 11.9 Å². The van der Waals surface area contributed by atoms with Crippen LogP contribution in [0.25, 0.3) is 0 Å². The van der Waals surface area contributed by atoms with Crippen LogP contribution in [0.15, 0.2) is 48.5 Å². The van der Waals surface area contributed by atoms with Gasteiger partial charge in [-0.15, -0.1) is 6.42 Å². The molecule has 3 amide bonds. The van der Waals surface area contributed by atoms with Crippen molar-refractivity contribution in [1.29, 1.82) is 0 Å². The number of hydrogen-bond donors (Lipinski definition) is 3. The highest BCUT2D eigenvalue weighted by atomic mass is 16.6. The van der Waals surface area contributed by atoms with Crippen LogP contribution in [-0.2, 0) is 14.3 Å². The summed E-state index contributed by atoms with van der Waals surface area (Å²) in [7, 11) is 0. The van der Waals surface area contributed by atoms with E-state index in [4.69, 9.17) is 11.2 Å². The van der Waals surface area contributed by atoms with Crippen molar-refractivity contribution >= 4 is 23.6 Å². The highest BCUT2D eigenvalue weighted by Gasteiger charge is 2.48. The largest absolute Gasteiger partial charge is 0.444 e. The summed E-state index contributed by atoms with van der Waals surface area (Å²) < 4.78 is 5.28. The number of carbonyl (C=O) groups is 3. The van der Waals surface area contributed by atoms with Crippen molar-refractivity contribution in [2.45, 2.75) is 64.8 Å². The van der Waals surface area contributed by atoms with Gasteiger partial charge in [0.25, 0.3) is 5.91 Å². The summed E-state index contributed by atoms with van der Waals surface area (Å²) >= 11 is 0. The lowest BCUT2D eigenvalue weighted by atomic mass is 9.97. The average molecular weight is 506 g/mol. The van der Waals surface area contributed by atoms with Crippen LogP contribution >= 0.6 is 0 Å². The number of anilines is 1. The van der Waals surface area contributed by atoms with Gasteiger partial charge in [0.05, 0.1) is 6.61 Å². The van der Waals surface area contributed by atoms with Crippen molar-refractivity contribution in [3.8, 4) is 12.3 Å². The van der Waals surface area contributed by atoms with Gasteiger partial charge in [-0.2, -0.15) is 0 Å². The summed E-state index contributed by atoms with van der Waals surface area (Å²) in [6.45, 7) is 8.27. The Morgan fingerprint density at radius 2 is 1.78 bits per heavy atom. The summed E-state index contributed by atoms with van der Waals surface area (Å²) in [5.41, 5.74) is 1.63. The highest BCUT2D eigenvalue weighted by Crippen LogP contribution is 2.41. The van der Waals surface area contributed by atoms with E-state index >= 15 is 0 Å². The van der Waals surface area contributed by atoms with Gasteiger partial charge < -0.3 is 25.4 Å². The number of carbonyl (C=O) groups excluding carboxylic acids is 3. The Morgan fingerprint density at radius 3 is 2.35 bits per heavy atom.